The maximum atomic E-state index is 5.26. The van der Waals surface area contributed by atoms with Crippen molar-refractivity contribution in [2.75, 3.05) is 13.7 Å². The molecule has 0 aliphatic heterocycles. The third-order valence-corrected chi connectivity index (χ3v) is 2.66. The predicted octanol–water partition coefficient (Wildman–Crippen LogP) is 1.79. The largest absolute Gasteiger partial charge is 0.468 e. The molecule has 1 aliphatic carbocycles. The van der Waals surface area contributed by atoms with Crippen molar-refractivity contribution in [2.45, 2.75) is 25.4 Å². The molecule has 0 radical (unpaired) electrons. The Morgan fingerprint density at radius 1 is 1.64 bits per heavy atom. The summed E-state index contributed by atoms with van der Waals surface area (Å²) in [5, 5.41) is 3.47. The summed E-state index contributed by atoms with van der Waals surface area (Å²) in [6, 6.07) is 4.40. The lowest BCUT2D eigenvalue weighted by Crippen LogP contribution is -2.34. The minimum atomic E-state index is 0.491. The quantitative estimate of drug-likeness (QED) is 0.751. The fourth-order valence-corrected chi connectivity index (χ4v) is 1.68. The van der Waals surface area contributed by atoms with Crippen LogP contribution in [0.4, 0.5) is 0 Å². The highest BCUT2D eigenvalue weighted by Gasteiger charge is 2.30. The lowest BCUT2D eigenvalue weighted by molar-refractivity contribution is 0.156. The molecule has 0 saturated heterocycles. The van der Waals surface area contributed by atoms with Crippen LogP contribution in [0.15, 0.2) is 22.8 Å². The second-order valence-corrected chi connectivity index (χ2v) is 3.86. The minimum absolute atomic E-state index is 0.491. The molecule has 1 saturated carbocycles. The van der Waals surface area contributed by atoms with E-state index in [-0.39, 0.29) is 0 Å². The van der Waals surface area contributed by atoms with Crippen molar-refractivity contribution >= 4 is 0 Å². The number of nitrogens with one attached hydrogen (secondary N) is 1. The first-order valence-electron chi connectivity index (χ1n) is 5.15. The molecule has 14 heavy (non-hydrogen) atoms. The van der Waals surface area contributed by atoms with Gasteiger partial charge in [0.25, 0.3) is 0 Å². The molecule has 1 unspecified atom stereocenters. The van der Waals surface area contributed by atoms with Crippen LogP contribution >= 0.6 is 0 Å². The Balaban J connectivity index is 1.76. The summed E-state index contributed by atoms with van der Waals surface area (Å²) < 4.78 is 10.4. The molecule has 1 aromatic rings. The molecule has 0 aromatic carbocycles. The number of hydrogen-bond acceptors (Lipinski definition) is 3. The van der Waals surface area contributed by atoms with E-state index in [0.717, 1.165) is 24.8 Å². The van der Waals surface area contributed by atoms with Gasteiger partial charge < -0.3 is 14.5 Å². The van der Waals surface area contributed by atoms with Gasteiger partial charge in [-0.1, -0.05) is 0 Å². The van der Waals surface area contributed by atoms with E-state index < -0.39 is 0 Å². The number of hydrogen-bond donors (Lipinski definition) is 1. The fourth-order valence-electron chi connectivity index (χ4n) is 1.68. The summed E-state index contributed by atoms with van der Waals surface area (Å²) in [5.41, 5.74) is 0. The Morgan fingerprint density at radius 3 is 3.07 bits per heavy atom. The van der Waals surface area contributed by atoms with Crippen molar-refractivity contribution in [1.29, 1.82) is 0 Å². The highest BCUT2D eigenvalue weighted by molar-refractivity contribution is 4.98. The van der Waals surface area contributed by atoms with Gasteiger partial charge in [-0.25, -0.2) is 0 Å². The zero-order valence-electron chi connectivity index (χ0n) is 8.53. The van der Waals surface area contributed by atoms with Gasteiger partial charge in [-0.2, -0.15) is 0 Å². The molecule has 0 amide bonds. The second kappa shape index (κ2) is 4.62. The second-order valence-electron chi connectivity index (χ2n) is 3.86. The van der Waals surface area contributed by atoms with Crippen molar-refractivity contribution in [1.82, 2.24) is 5.32 Å². The van der Waals surface area contributed by atoms with Gasteiger partial charge >= 0.3 is 0 Å². The van der Waals surface area contributed by atoms with Gasteiger partial charge in [0, 0.05) is 13.2 Å². The van der Waals surface area contributed by atoms with Crippen LogP contribution in [0.2, 0.25) is 0 Å². The van der Waals surface area contributed by atoms with Gasteiger partial charge in [-0.3, -0.25) is 0 Å². The first-order chi connectivity index (χ1) is 6.90. The van der Waals surface area contributed by atoms with E-state index in [0.29, 0.717) is 6.04 Å². The number of ether oxygens (including phenoxy) is 1. The summed E-state index contributed by atoms with van der Waals surface area (Å²) in [6.45, 7) is 1.60. The Labute approximate surface area is 84.4 Å². The molecular weight excluding hydrogens is 178 g/mol. The smallest absolute Gasteiger partial charge is 0.117 e. The predicted molar refractivity (Wildman–Crippen MR) is 53.9 cm³/mol. The summed E-state index contributed by atoms with van der Waals surface area (Å²) in [7, 11) is 1.75. The number of methoxy groups -OCH3 is 1. The summed E-state index contributed by atoms with van der Waals surface area (Å²) in [4.78, 5) is 0. The Hall–Kier alpha value is -0.800. The molecule has 0 spiro atoms. The van der Waals surface area contributed by atoms with Gasteiger partial charge in [0.05, 0.1) is 19.4 Å². The highest BCUT2D eigenvalue weighted by atomic mass is 16.5. The highest BCUT2D eigenvalue weighted by Crippen LogP contribution is 2.32. The minimum Gasteiger partial charge on any atom is -0.468 e. The van der Waals surface area contributed by atoms with Crippen LogP contribution in [-0.2, 0) is 11.3 Å². The Kier molecular flexibility index (Phi) is 3.22. The van der Waals surface area contributed by atoms with Crippen molar-refractivity contribution in [2.24, 2.45) is 5.92 Å². The van der Waals surface area contributed by atoms with E-state index in [1.54, 1.807) is 13.4 Å². The molecule has 1 aromatic heterocycles. The van der Waals surface area contributed by atoms with Crippen molar-refractivity contribution in [3.05, 3.63) is 24.2 Å². The van der Waals surface area contributed by atoms with E-state index in [1.807, 2.05) is 12.1 Å². The van der Waals surface area contributed by atoms with Gasteiger partial charge in [0.1, 0.15) is 5.76 Å². The Bertz CT molecular complexity index is 254. The molecule has 3 heteroatoms. The lowest BCUT2D eigenvalue weighted by atomic mass is 10.2. The van der Waals surface area contributed by atoms with Gasteiger partial charge in [0.2, 0.25) is 0 Å². The van der Waals surface area contributed by atoms with E-state index in [2.05, 4.69) is 5.32 Å². The maximum absolute atomic E-state index is 5.26. The SMILES string of the molecule is COCC(NCc1ccco1)C1CC1. The third-order valence-electron chi connectivity index (χ3n) is 2.66. The van der Waals surface area contributed by atoms with Crippen LogP contribution in [-0.4, -0.2) is 19.8 Å². The monoisotopic (exact) mass is 195 g/mol. The summed E-state index contributed by atoms with van der Waals surface area (Å²) in [6.07, 6.45) is 4.37. The van der Waals surface area contributed by atoms with Crippen molar-refractivity contribution < 1.29 is 9.15 Å². The fraction of sp³-hybridized carbons (Fsp3) is 0.636. The first kappa shape index (κ1) is 9.74. The van der Waals surface area contributed by atoms with E-state index in [4.69, 9.17) is 9.15 Å². The molecule has 1 fully saturated rings. The zero-order valence-corrected chi connectivity index (χ0v) is 8.53. The molecule has 1 aliphatic rings. The lowest BCUT2D eigenvalue weighted by Gasteiger charge is -2.16. The number of furan rings is 1. The molecule has 0 bridgehead atoms. The van der Waals surface area contributed by atoms with Crippen LogP contribution in [0.5, 0.6) is 0 Å². The van der Waals surface area contributed by atoms with Crippen molar-refractivity contribution in [3.8, 4) is 0 Å². The summed E-state index contributed by atoms with van der Waals surface area (Å²) in [5.74, 6) is 1.80. The van der Waals surface area contributed by atoms with Crippen molar-refractivity contribution in [3.63, 3.8) is 0 Å². The van der Waals surface area contributed by atoms with E-state index >= 15 is 0 Å². The number of rotatable bonds is 6. The maximum Gasteiger partial charge on any atom is 0.117 e. The average molecular weight is 195 g/mol. The first-order valence-corrected chi connectivity index (χ1v) is 5.15. The van der Waals surface area contributed by atoms with Crippen LogP contribution < -0.4 is 5.32 Å². The Morgan fingerprint density at radius 2 is 2.50 bits per heavy atom. The molecule has 3 nitrogen and oxygen atoms in total. The van der Waals surface area contributed by atoms with Crippen LogP contribution in [0.3, 0.4) is 0 Å². The van der Waals surface area contributed by atoms with Gasteiger partial charge in [-0.05, 0) is 30.9 Å². The van der Waals surface area contributed by atoms with Crippen LogP contribution in [0.25, 0.3) is 0 Å². The van der Waals surface area contributed by atoms with E-state index in [1.165, 1.54) is 12.8 Å². The normalized spacial score (nSPS) is 18.4. The molecule has 1 atom stereocenters. The summed E-state index contributed by atoms with van der Waals surface area (Å²) >= 11 is 0. The molecule has 1 N–H and O–H groups in total. The molecular formula is C11H17NO2. The molecule has 2 rings (SSSR count). The van der Waals surface area contributed by atoms with Crippen LogP contribution in [0, 0.1) is 5.92 Å². The standard InChI is InChI=1S/C11H17NO2/c1-13-8-11(9-4-5-9)12-7-10-3-2-6-14-10/h2-3,6,9,11-12H,4-5,7-8H2,1H3. The third kappa shape index (κ3) is 2.59. The van der Waals surface area contributed by atoms with Gasteiger partial charge in [-0.15, -0.1) is 0 Å². The molecule has 1 heterocycles. The topological polar surface area (TPSA) is 34.4 Å². The average Bonchev–Trinajstić information content (AvgIpc) is 2.90. The van der Waals surface area contributed by atoms with E-state index in [9.17, 15) is 0 Å². The van der Waals surface area contributed by atoms with Crippen LogP contribution in [0.1, 0.15) is 18.6 Å². The zero-order chi connectivity index (χ0) is 9.80. The molecule has 78 valence electrons. The van der Waals surface area contributed by atoms with Gasteiger partial charge in [0.15, 0.2) is 0 Å².